The number of ether oxygens (including phenoxy) is 1. The Hall–Kier alpha value is -1.16. The van der Waals surface area contributed by atoms with Crippen LogP contribution in [0.25, 0.3) is 0 Å². The summed E-state index contributed by atoms with van der Waals surface area (Å²) in [5, 5.41) is 0. The lowest BCUT2D eigenvalue weighted by molar-refractivity contribution is 0.391. The average Bonchev–Trinajstić information content (AvgIpc) is 2.20. The predicted octanol–water partition coefficient (Wildman–Crippen LogP) is 1.71. The number of nitrogens with two attached hydrogens (primary N) is 1. The van der Waals surface area contributed by atoms with Gasteiger partial charge in [0.05, 0.1) is 12.8 Å². The van der Waals surface area contributed by atoms with Crippen LogP contribution >= 0.6 is 0 Å². The molecule has 0 saturated heterocycles. The Morgan fingerprint density at radius 2 is 2.06 bits per heavy atom. The molecule has 1 unspecified atom stereocenters. The van der Waals surface area contributed by atoms with Crippen LogP contribution in [0.3, 0.4) is 0 Å². The smallest absolute Gasteiger partial charge is 0.219 e. The topological polar surface area (TPSA) is 61.0 Å². The summed E-state index contributed by atoms with van der Waals surface area (Å²) in [5.74, 6) is 1.25. The van der Waals surface area contributed by atoms with Gasteiger partial charge in [0.15, 0.2) is 0 Å². The quantitative estimate of drug-likeness (QED) is 0.825. The molecule has 1 aromatic rings. The molecule has 0 aliphatic heterocycles. The minimum Gasteiger partial charge on any atom is -0.481 e. The highest BCUT2D eigenvalue weighted by Crippen LogP contribution is 2.17. The van der Waals surface area contributed by atoms with E-state index in [4.69, 9.17) is 10.5 Å². The standard InChI is InChI=1S/C12H21N3O/c1-8(2)5-10(13)6-11-9(3)12(16-4)15-7-14-11/h7-8,10H,5-6,13H2,1-4H3. The Labute approximate surface area is 97.2 Å². The van der Waals surface area contributed by atoms with Crippen LogP contribution in [0.4, 0.5) is 0 Å². The molecule has 0 spiro atoms. The van der Waals surface area contributed by atoms with Crippen molar-refractivity contribution in [3.8, 4) is 5.88 Å². The van der Waals surface area contributed by atoms with E-state index in [0.717, 1.165) is 24.1 Å². The molecular weight excluding hydrogens is 202 g/mol. The zero-order valence-corrected chi connectivity index (χ0v) is 10.5. The third-order valence-corrected chi connectivity index (χ3v) is 2.57. The van der Waals surface area contributed by atoms with Gasteiger partial charge in [0.2, 0.25) is 5.88 Å². The molecule has 1 rings (SSSR count). The molecule has 90 valence electrons. The van der Waals surface area contributed by atoms with Gasteiger partial charge in [0, 0.05) is 18.0 Å². The molecule has 0 bridgehead atoms. The molecule has 0 fully saturated rings. The average molecular weight is 223 g/mol. The molecule has 0 aliphatic carbocycles. The first-order chi connectivity index (χ1) is 7.54. The maximum atomic E-state index is 6.07. The van der Waals surface area contributed by atoms with Crippen molar-refractivity contribution in [2.75, 3.05) is 7.11 Å². The third kappa shape index (κ3) is 3.45. The lowest BCUT2D eigenvalue weighted by Gasteiger charge is -2.15. The van der Waals surface area contributed by atoms with Gasteiger partial charge in [-0.2, -0.15) is 0 Å². The van der Waals surface area contributed by atoms with Crippen molar-refractivity contribution in [1.82, 2.24) is 9.97 Å². The monoisotopic (exact) mass is 223 g/mol. The van der Waals surface area contributed by atoms with E-state index in [-0.39, 0.29) is 6.04 Å². The Bertz CT molecular complexity index is 339. The number of hydrogen-bond acceptors (Lipinski definition) is 4. The molecule has 0 radical (unpaired) electrons. The first-order valence-electron chi connectivity index (χ1n) is 5.64. The van der Waals surface area contributed by atoms with Gasteiger partial charge in [-0.25, -0.2) is 9.97 Å². The lowest BCUT2D eigenvalue weighted by atomic mass is 9.99. The highest BCUT2D eigenvalue weighted by Gasteiger charge is 2.12. The summed E-state index contributed by atoms with van der Waals surface area (Å²) >= 11 is 0. The van der Waals surface area contributed by atoms with Gasteiger partial charge in [0.25, 0.3) is 0 Å². The Kier molecular flexibility index (Phi) is 4.68. The third-order valence-electron chi connectivity index (χ3n) is 2.57. The number of rotatable bonds is 5. The second kappa shape index (κ2) is 5.80. The first kappa shape index (κ1) is 12.9. The van der Waals surface area contributed by atoms with Crippen LogP contribution in [0, 0.1) is 12.8 Å². The second-order valence-electron chi connectivity index (χ2n) is 4.55. The zero-order chi connectivity index (χ0) is 12.1. The fourth-order valence-corrected chi connectivity index (χ4v) is 1.82. The van der Waals surface area contributed by atoms with Crippen LogP contribution in [0.5, 0.6) is 5.88 Å². The fourth-order valence-electron chi connectivity index (χ4n) is 1.82. The van der Waals surface area contributed by atoms with Gasteiger partial charge >= 0.3 is 0 Å². The number of hydrogen-bond donors (Lipinski definition) is 1. The predicted molar refractivity (Wildman–Crippen MR) is 64.5 cm³/mol. The van der Waals surface area contributed by atoms with Gasteiger partial charge in [-0.05, 0) is 19.3 Å². The van der Waals surface area contributed by atoms with Crippen molar-refractivity contribution in [1.29, 1.82) is 0 Å². The molecule has 1 heterocycles. The molecule has 2 N–H and O–H groups in total. The zero-order valence-electron chi connectivity index (χ0n) is 10.5. The largest absolute Gasteiger partial charge is 0.481 e. The second-order valence-corrected chi connectivity index (χ2v) is 4.55. The Balaban J connectivity index is 2.73. The molecule has 1 atom stereocenters. The summed E-state index contributed by atoms with van der Waals surface area (Å²) < 4.78 is 5.16. The maximum absolute atomic E-state index is 6.07. The number of methoxy groups -OCH3 is 1. The van der Waals surface area contributed by atoms with Crippen LogP contribution in [-0.4, -0.2) is 23.1 Å². The Morgan fingerprint density at radius 1 is 1.38 bits per heavy atom. The van der Waals surface area contributed by atoms with Crippen LogP contribution in [0.2, 0.25) is 0 Å². The van der Waals surface area contributed by atoms with E-state index in [9.17, 15) is 0 Å². The van der Waals surface area contributed by atoms with Crippen molar-refractivity contribution in [3.63, 3.8) is 0 Å². The molecule has 4 heteroatoms. The Morgan fingerprint density at radius 3 is 2.62 bits per heavy atom. The van der Waals surface area contributed by atoms with Crippen LogP contribution in [-0.2, 0) is 6.42 Å². The summed E-state index contributed by atoms with van der Waals surface area (Å²) in [6, 6.07) is 0.151. The van der Waals surface area contributed by atoms with Gasteiger partial charge < -0.3 is 10.5 Å². The lowest BCUT2D eigenvalue weighted by Crippen LogP contribution is -2.25. The highest BCUT2D eigenvalue weighted by atomic mass is 16.5. The van der Waals surface area contributed by atoms with Gasteiger partial charge in [-0.15, -0.1) is 0 Å². The summed E-state index contributed by atoms with van der Waals surface area (Å²) in [5.41, 5.74) is 8.04. The van der Waals surface area contributed by atoms with Gasteiger partial charge in [-0.1, -0.05) is 13.8 Å². The molecular formula is C12H21N3O. The molecule has 0 aliphatic rings. The van der Waals surface area contributed by atoms with Crippen molar-refractivity contribution < 1.29 is 4.74 Å². The summed E-state index contributed by atoms with van der Waals surface area (Å²) in [7, 11) is 1.62. The summed E-state index contributed by atoms with van der Waals surface area (Å²) in [4.78, 5) is 8.31. The summed E-state index contributed by atoms with van der Waals surface area (Å²) in [6.45, 7) is 6.32. The van der Waals surface area contributed by atoms with Crippen molar-refractivity contribution >= 4 is 0 Å². The van der Waals surface area contributed by atoms with E-state index in [1.807, 2.05) is 6.92 Å². The number of aromatic nitrogens is 2. The molecule has 1 aromatic heterocycles. The van der Waals surface area contributed by atoms with E-state index in [2.05, 4.69) is 23.8 Å². The molecule has 0 aromatic carbocycles. The van der Waals surface area contributed by atoms with Crippen molar-refractivity contribution in [3.05, 3.63) is 17.6 Å². The van der Waals surface area contributed by atoms with Gasteiger partial charge in [0.1, 0.15) is 6.33 Å². The van der Waals surface area contributed by atoms with Crippen molar-refractivity contribution in [2.24, 2.45) is 11.7 Å². The summed E-state index contributed by atoms with van der Waals surface area (Å²) in [6.07, 6.45) is 3.32. The molecule has 16 heavy (non-hydrogen) atoms. The molecule has 0 amide bonds. The van der Waals surface area contributed by atoms with Crippen LogP contribution in [0.15, 0.2) is 6.33 Å². The maximum Gasteiger partial charge on any atom is 0.219 e. The van der Waals surface area contributed by atoms with E-state index < -0.39 is 0 Å². The van der Waals surface area contributed by atoms with E-state index in [1.165, 1.54) is 6.33 Å². The van der Waals surface area contributed by atoms with E-state index in [1.54, 1.807) is 7.11 Å². The minimum atomic E-state index is 0.151. The van der Waals surface area contributed by atoms with Crippen LogP contribution < -0.4 is 10.5 Å². The fraction of sp³-hybridized carbons (Fsp3) is 0.667. The normalized spacial score (nSPS) is 12.9. The van der Waals surface area contributed by atoms with Crippen LogP contribution in [0.1, 0.15) is 31.5 Å². The van der Waals surface area contributed by atoms with Crippen molar-refractivity contribution in [2.45, 2.75) is 39.7 Å². The number of nitrogens with zero attached hydrogens (tertiary/aromatic N) is 2. The van der Waals surface area contributed by atoms with Gasteiger partial charge in [-0.3, -0.25) is 0 Å². The van der Waals surface area contributed by atoms with E-state index in [0.29, 0.717) is 11.8 Å². The highest BCUT2D eigenvalue weighted by molar-refractivity contribution is 5.28. The van der Waals surface area contributed by atoms with E-state index >= 15 is 0 Å². The first-order valence-corrected chi connectivity index (χ1v) is 5.64. The minimum absolute atomic E-state index is 0.151. The molecule has 0 saturated carbocycles. The SMILES string of the molecule is COc1ncnc(CC(N)CC(C)C)c1C. The molecule has 4 nitrogen and oxygen atoms in total.